The van der Waals surface area contributed by atoms with Crippen molar-refractivity contribution >= 4 is 10.9 Å². The van der Waals surface area contributed by atoms with E-state index < -0.39 is 0 Å². The highest BCUT2D eigenvalue weighted by Gasteiger charge is 2.10. The number of hydrogen-bond donors (Lipinski definition) is 2. The highest BCUT2D eigenvalue weighted by molar-refractivity contribution is 5.82. The van der Waals surface area contributed by atoms with E-state index in [-0.39, 0.29) is 0 Å². The fourth-order valence-corrected chi connectivity index (χ4v) is 2.50. The number of aromatic nitrogens is 1. The summed E-state index contributed by atoms with van der Waals surface area (Å²) in [5.41, 5.74) is 3.97. The molecule has 1 aromatic heterocycles. The summed E-state index contributed by atoms with van der Waals surface area (Å²) < 4.78 is 0. The molecule has 3 aromatic rings. The normalized spacial score (nSPS) is 12.7. The predicted molar refractivity (Wildman–Crippen MR) is 78.8 cm³/mol. The Morgan fingerprint density at radius 3 is 2.58 bits per heavy atom. The van der Waals surface area contributed by atoms with Gasteiger partial charge in [0.05, 0.1) is 0 Å². The van der Waals surface area contributed by atoms with Crippen molar-refractivity contribution in [3.63, 3.8) is 0 Å². The van der Waals surface area contributed by atoms with Gasteiger partial charge in [0.1, 0.15) is 12.6 Å². The zero-order valence-corrected chi connectivity index (χ0v) is 11.1. The Kier molecular flexibility index (Phi) is 3.34. The summed E-state index contributed by atoms with van der Waals surface area (Å²) in [6.07, 6.45) is 2.12. The number of fused-ring (bicyclic) bond motifs is 1. The first-order valence-electron chi connectivity index (χ1n) is 6.78. The molecule has 0 saturated carbocycles. The second-order valence-corrected chi connectivity index (χ2v) is 5.00. The van der Waals surface area contributed by atoms with Crippen LogP contribution in [0.2, 0.25) is 0 Å². The van der Waals surface area contributed by atoms with Gasteiger partial charge < -0.3 is 10.3 Å². The highest BCUT2D eigenvalue weighted by Crippen LogP contribution is 2.16. The van der Waals surface area contributed by atoms with Crippen molar-refractivity contribution in [3.8, 4) is 0 Å². The summed E-state index contributed by atoms with van der Waals surface area (Å²) in [5, 5.41) is 3.71. The maximum atomic E-state index is 3.33. The molecule has 0 radical (unpaired) electrons. The molecule has 2 aromatic carbocycles. The monoisotopic (exact) mass is 251 g/mol. The lowest BCUT2D eigenvalue weighted by Gasteiger charge is -2.10. The fraction of sp³-hybridized carbons (Fsp3) is 0.176. The van der Waals surface area contributed by atoms with E-state index >= 15 is 0 Å². The van der Waals surface area contributed by atoms with Gasteiger partial charge in [0.25, 0.3) is 0 Å². The van der Waals surface area contributed by atoms with Crippen LogP contribution in [0.1, 0.15) is 24.1 Å². The van der Waals surface area contributed by atoms with E-state index in [1.165, 1.54) is 22.0 Å². The molecule has 1 heterocycles. The Hall–Kier alpha value is -2.06. The molecule has 0 fully saturated rings. The summed E-state index contributed by atoms with van der Waals surface area (Å²) in [6.45, 7) is 3.25. The minimum atomic E-state index is 0.481. The molecule has 2 nitrogen and oxygen atoms in total. The van der Waals surface area contributed by atoms with Gasteiger partial charge in [-0.25, -0.2) is 0 Å². The first-order valence-corrected chi connectivity index (χ1v) is 6.78. The van der Waals surface area contributed by atoms with Crippen molar-refractivity contribution in [2.45, 2.75) is 19.5 Å². The van der Waals surface area contributed by atoms with Gasteiger partial charge in [0.15, 0.2) is 0 Å². The number of hydrogen-bond acceptors (Lipinski definition) is 0. The molecule has 19 heavy (non-hydrogen) atoms. The first-order chi connectivity index (χ1) is 9.34. The van der Waals surface area contributed by atoms with Crippen LogP contribution >= 0.6 is 0 Å². The lowest BCUT2D eigenvalue weighted by atomic mass is 10.1. The van der Waals surface area contributed by atoms with Crippen LogP contribution in [0, 0.1) is 0 Å². The van der Waals surface area contributed by atoms with Crippen LogP contribution in [0.5, 0.6) is 0 Å². The molecular formula is C17H19N2+. The van der Waals surface area contributed by atoms with E-state index in [0.717, 1.165) is 6.54 Å². The minimum Gasteiger partial charge on any atom is -0.361 e. The first kappa shape index (κ1) is 12.0. The molecule has 0 unspecified atom stereocenters. The number of aromatic amines is 1. The van der Waals surface area contributed by atoms with E-state index in [2.05, 4.69) is 78.0 Å². The number of nitrogens with two attached hydrogens (primary N) is 1. The molecule has 0 aliphatic carbocycles. The van der Waals surface area contributed by atoms with Crippen molar-refractivity contribution in [1.82, 2.24) is 4.98 Å². The van der Waals surface area contributed by atoms with E-state index in [1.54, 1.807) is 0 Å². The number of H-pyrrole nitrogens is 1. The van der Waals surface area contributed by atoms with Gasteiger partial charge in [-0.3, -0.25) is 0 Å². The van der Waals surface area contributed by atoms with Crippen molar-refractivity contribution in [1.29, 1.82) is 0 Å². The molecule has 0 aliphatic heterocycles. The van der Waals surface area contributed by atoms with Gasteiger partial charge in [0, 0.05) is 28.2 Å². The van der Waals surface area contributed by atoms with Crippen molar-refractivity contribution < 1.29 is 5.32 Å². The van der Waals surface area contributed by atoms with Crippen LogP contribution in [0.3, 0.4) is 0 Å². The van der Waals surface area contributed by atoms with E-state index in [1.807, 2.05) is 0 Å². The summed E-state index contributed by atoms with van der Waals surface area (Å²) in [5.74, 6) is 0. The molecule has 0 amide bonds. The largest absolute Gasteiger partial charge is 0.361 e. The van der Waals surface area contributed by atoms with Crippen LogP contribution in [-0.4, -0.2) is 4.98 Å². The van der Waals surface area contributed by atoms with Crippen molar-refractivity contribution in [2.75, 3.05) is 0 Å². The number of nitrogens with one attached hydrogen (secondary N) is 1. The summed E-state index contributed by atoms with van der Waals surface area (Å²) >= 11 is 0. The third-order valence-electron chi connectivity index (χ3n) is 3.69. The topological polar surface area (TPSA) is 32.4 Å². The lowest BCUT2D eigenvalue weighted by Crippen LogP contribution is -2.83. The average Bonchev–Trinajstić information content (AvgIpc) is 2.89. The second kappa shape index (κ2) is 5.29. The molecule has 3 N–H and O–H groups in total. The smallest absolute Gasteiger partial charge is 0.109 e. The molecule has 0 aliphatic rings. The lowest BCUT2D eigenvalue weighted by molar-refractivity contribution is -0.707. The number of para-hydroxylation sites is 1. The van der Waals surface area contributed by atoms with Crippen LogP contribution < -0.4 is 5.32 Å². The quantitative estimate of drug-likeness (QED) is 0.714. The maximum absolute atomic E-state index is 3.33. The van der Waals surface area contributed by atoms with Crippen molar-refractivity contribution in [3.05, 3.63) is 71.9 Å². The molecule has 1 atom stereocenters. The zero-order valence-electron chi connectivity index (χ0n) is 11.1. The number of benzene rings is 2. The highest BCUT2D eigenvalue weighted by atomic mass is 14.9. The van der Waals surface area contributed by atoms with Gasteiger partial charge >= 0.3 is 0 Å². The van der Waals surface area contributed by atoms with Crippen molar-refractivity contribution in [2.24, 2.45) is 0 Å². The molecular weight excluding hydrogens is 232 g/mol. The van der Waals surface area contributed by atoms with Crippen LogP contribution in [0.4, 0.5) is 0 Å². The zero-order chi connectivity index (χ0) is 13.1. The average molecular weight is 251 g/mol. The fourth-order valence-electron chi connectivity index (χ4n) is 2.50. The molecule has 0 saturated heterocycles. The van der Waals surface area contributed by atoms with Gasteiger partial charge in [-0.1, -0.05) is 48.5 Å². The van der Waals surface area contributed by atoms with Crippen LogP contribution in [0.15, 0.2) is 60.8 Å². The maximum Gasteiger partial charge on any atom is 0.109 e. The minimum absolute atomic E-state index is 0.481. The molecule has 96 valence electrons. The number of quaternary nitrogens is 1. The molecule has 0 spiro atoms. The third-order valence-corrected chi connectivity index (χ3v) is 3.69. The molecule has 0 bridgehead atoms. The summed E-state index contributed by atoms with van der Waals surface area (Å²) in [4.78, 5) is 3.33. The summed E-state index contributed by atoms with van der Waals surface area (Å²) in [6, 6.07) is 19.6. The van der Waals surface area contributed by atoms with E-state index in [9.17, 15) is 0 Å². The molecule has 2 heteroatoms. The Morgan fingerprint density at radius 1 is 1.00 bits per heavy atom. The Balaban J connectivity index is 1.73. The van der Waals surface area contributed by atoms with E-state index in [0.29, 0.717) is 6.04 Å². The van der Waals surface area contributed by atoms with Crippen LogP contribution in [-0.2, 0) is 6.54 Å². The molecule has 3 rings (SSSR count). The summed E-state index contributed by atoms with van der Waals surface area (Å²) in [7, 11) is 0. The SMILES string of the molecule is C[C@H]([NH2+]Cc1c[nH]c2ccccc12)c1ccccc1. The third kappa shape index (κ3) is 2.54. The Bertz CT molecular complexity index is 655. The van der Waals surface area contributed by atoms with Gasteiger partial charge in [-0.2, -0.15) is 0 Å². The standard InChI is InChI=1S/C17H18N2/c1-13(14-7-3-2-4-8-14)18-11-15-12-19-17-10-6-5-9-16(15)17/h2-10,12-13,18-19H,11H2,1H3/p+1/t13-/m0/s1. The number of rotatable bonds is 4. The van der Waals surface area contributed by atoms with Gasteiger partial charge in [0.2, 0.25) is 0 Å². The van der Waals surface area contributed by atoms with Gasteiger partial charge in [-0.15, -0.1) is 0 Å². The van der Waals surface area contributed by atoms with Gasteiger partial charge in [-0.05, 0) is 13.0 Å². The second-order valence-electron chi connectivity index (χ2n) is 5.00. The van der Waals surface area contributed by atoms with E-state index in [4.69, 9.17) is 0 Å². The van der Waals surface area contributed by atoms with Crippen LogP contribution in [0.25, 0.3) is 10.9 Å². The predicted octanol–water partition coefficient (Wildman–Crippen LogP) is 2.99. The Labute approximate surface area is 113 Å². The Morgan fingerprint density at radius 2 is 1.74 bits per heavy atom.